The molecule has 0 aromatic rings. The van der Waals surface area contributed by atoms with Gasteiger partial charge in [-0.3, -0.25) is 0 Å². The third-order valence-corrected chi connectivity index (χ3v) is 4.76. The lowest BCUT2D eigenvalue weighted by Gasteiger charge is -2.27. The fraction of sp³-hybridized carbons (Fsp3) is 1.00. The Bertz CT molecular complexity index is 173. The highest BCUT2D eigenvalue weighted by molar-refractivity contribution is 4.71. The van der Waals surface area contributed by atoms with Crippen molar-refractivity contribution in [2.24, 2.45) is 23.7 Å². The molecule has 18 heavy (non-hydrogen) atoms. The van der Waals surface area contributed by atoms with Crippen molar-refractivity contribution in [3.63, 3.8) is 0 Å². The zero-order valence-corrected chi connectivity index (χ0v) is 14.0. The Labute approximate surface area is 117 Å². The van der Waals surface area contributed by atoms with Crippen LogP contribution in [0.1, 0.15) is 92.9 Å². The lowest BCUT2D eigenvalue weighted by Crippen LogP contribution is -2.16. The first-order valence-corrected chi connectivity index (χ1v) is 8.54. The van der Waals surface area contributed by atoms with Gasteiger partial charge in [0.15, 0.2) is 0 Å². The SMILES string of the molecule is CCCC(C)CC(CCC(C)CC)C(C)CCC. The zero-order valence-electron chi connectivity index (χ0n) is 14.0. The highest BCUT2D eigenvalue weighted by Crippen LogP contribution is 2.31. The van der Waals surface area contributed by atoms with Crippen LogP contribution in [0.5, 0.6) is 0 Å². The van der Waals surface area contributed by atoms with Gasteiger partial charge < -0.3 is 0 Å². The Morgan fingerprint density at radius 2 is 1.28 bits per heavy atom. The quantitative estimate of drug-likeness (QED) is 0.385. The highest BCUT2D eigenvalue weighted by atomic mass is 14.2. The zero-order chi connectivity index (χ0) is 14.0. The molecule has 0 heteroatoms. The summed E-state index contributed by atoms with van der Waals surface area (Å²) in [7, 11) is 0. The fourth-order valence-corrected chi connectivity index (χ4v) is 3.16. The van der Waals surface area contributed by atoms with Gasteiger partial charge in [-0.15, -0.1) is 0 Å². The summed E-state index contributed by atoms with van der Waals surface area (Å²) >= 11 is 0. The second kappa shape index (κ2) is 10.9. The van der Waals surface area contributed by atoms with Crippen molar-refractivity contribution in [2.75, 3.05) is 0 Å². The smallest absolute Gasteiger partial charge is 0.0386 e. The summed E-state index contributed by atoms with van der Waals surface area (Å²) < 4.78 is 0. The van der Waals surface area contributed by atoms with Crippen molar-refractivity contribution >= 4 is 0 Å². The van der Waals surface area contributed by atoms with Crippen molar-refractivity contribution < 1.29 is 0 Å². The standard InChI is InChI=1S/C18H38/c1-7-10-16(5)14-18(17(6)11-8-2)13-12-15(4)9-3/h15-18H,7-14H2,1-6H3. The summed E-state index contributed by atoms with van der Waals surface area (Å²) in [6.45, 7) is 14.3. The molecule has 0 heterocycles. The Morgan fingerprint density at radius 1 is 0.667 bits per heavy atom. The first-order chi connectivity index (χ1) is 8.54. The van der Waals surface area contributed by atoms with Gasteiger partial charge in [0.2, 0.25) is 0 Å². The minimum atomic E-state index is 0.919. The largest absolute Gasteiger partial charge is 0.0654 e. The molecule has 0 bridgehead atoms. The van der Waals surface area contributed by atoms with Gasteiger partial charge in [0.25, 0.3) is 0 Å². The molecule has 0 nitrogen and oxygen atoms in total. The molecule has 0 saturated carbocycles. The summed E-state index contributed by atoms with van der Waals surface area (Å²) in [5.41, 5.74) is 0. The van der Waals surface area contributed by atoms with Gasteiger partial charge in [-0.1, -0.05) is 80.1 Å². The van der Waals surface area contributed by atoms with Gasteiger partial charge in [-0.25, -0.2) is 0 Å². The molecule has 0 aliphatic heterocycles. The molecule has 0 aromatic heterocycles. The average molecular weight is 255 g/mol. The molecule has 0 aliphatic carbocycles. The molecule has 0 aromatic carbocycles. The third kappa shape index (κ3) is 8.16. The van der Waals surface area contributed by atoms with Crippen LogP contribution < -0.4 is 0 Å². The molecular weight excluding hydrogens is 216 g/mol. The predicted molar refractivity (Wildman–Crippen MR) is 84.9 cm³/mol. The van der Waals surface area contributed by atoms with Crippen molar-refractivity contribution in [1.29, 1.82) is 0 Å². The van der Waals surface area contributed by atoms with Crippen LogP contribution >= 0.6 is 0 Å². The summed E-state index contributed by atoms with van der Waals surface area (Å²) in [5, 5.41) is 0. The second-order valence-electron chi connectivity index (χ2n) is 6.75. The molecule has 0 aliphatic rings. The Morgan fingerprint density at radius 3 is 1.78 bits per heavy atom. The van der Waals surface area contributed by atoms with Gasteiger partial charge in [0.1, 0.15) is 0 Å². The van der Waals surface area contributed by atoms with Crippen LogP contribution in [-0.2, 0) is 0 Å². The van der Waals surface area contributed by atoms with Crippen molar-refractivity contribution in [2.45, 2.75) is 92.9 Å². The minimum Gasteiger partial charge on any atom is -0.0654 e. The van der Waals surface area contributed by atoms with Crippen molar-refractivity contribution in [1.82, 2.24) is 0 Å². The molecule has 0 amide bonds. The van der Waals surface area contributed by atoms with Crippen LogP contribution in [0.3, 0.4) is 0 Å². The van der Waals surface area contributed by atoms with Gasteiger partial charge in [0, 0.05) is 0 Å². The van der Waals surface area contributed by atoms with E-state index in [2.05, 4.69) is 41.5 Å². The maximum absolute atomic E-state index is 2.49. The molecule has 4 atom stereocenters. The molecule has 0 saturated heterocycles. The van der Waals surface area contributed by atoms with E-state index >= 15 is 0 Å². The Kier molecular flexibility index (Phi) is 10.9. The third-order valence-electron chi connectivity index (χ3n) is 4.76. The Hall–Kier alpha value is 0. The van der Waals surface area contributed by atoms with Crippen LogP contribution in [0.25, 0.3) is 0 Å². The van der Waals surface area contributed by atoms with E-state index in [1.165, 1.54) is 51.4 Å². The number of hydrogen-bond acceptors (Lipinski definition) is 0. The molecule has 0 rings (SSSR count). The first-order valence-electron chi connectivity index (χ1n) is 8.54. The maximum Gasteiger partial charge on any atom is -0.0386 e. The van der Waals surface area contributed by atoms with Crippen LogP contribution in [0.2, 0.25) is 0 Å². The van der Waals surface area contributed by atoms with E-state index in [4.69, 9.17) is 0 Å². The normalized spacial score (nSPS) is 18.3. The summed E-state index contributed by atoms with van der Waals surface area (Å²) in [5.74, 6) is 3.75. The topological polar surface area (TPSA) is 0 Å². The van der Waals surface area contributed by atoms with E-state index in [1.54, 1.807) is 0 Å². The lowest BCUT2D eigenvalue weighted by molar-refractivity contribution is 0.238. The number of rotatable bonds is 11. The van der Waals surface area contributed by atoms with E-state index < -0.39 is 0 Å². The van der Waals surface area contributed by atoms with Gasteiger partial charge in [0.05, 0.1) is 0 Å². The van der Waals surface area contributed by atoms with Crippen LogP contribution in [0.4, 0.5) is 0 Å². The van der Waals surface area contributed by atoms with Crippen LogP contribution in [-0.4, -0.2) is 0 Å². The first kappa shape index (κ1) is 18.0. The molecule has 110 valence electrons. The minimum absolute atomic E-state index is 0.919. The fourth-order valence-electron chi connectivity index (χ4n) is 3.16. The van der Waals surface area contributed by atoms with Crippen molar-refractivity contribution in [3.8, 4) is 0 Å². The highest BCUT2D eigenvalue weighted by Gasteiger charge is 2.19. The second-order valence-corrected chi connectivity index (χ2v) is 6.75. The van der Waals surface area contributed by atoms with Crippen LogP contribution in [0, 0.1) is 23.7 Å². The average Bonchev–Trinajstić information content (AvgIpc) is 2.34. The summed E-state index contributed by atoms with van der Waals surface area (Å²) in [4.78, 5) is 0. The Balaban J connectivity index is 4.23. The molecule has 0 N–H and O–H groups in total. The van der Waals surface area contributed by atoms with E-state index in [0.29, 0.717) is 0 Å². The number of hydrogen-bond donors (Lipinski definition) is 0. The molecule has 0 spiro atoms. The summed E-state index contributed by atoms with van der Waals surface area (Å²) in [6, 6.07) is 0. The van der Waals surface area contributed by atoms with Gasteiger partial charge >= 0.3 is 0 Å². The van der Waals surface area contributed by atoms with Gasteiger partial charge in [-0.05, 0) is 36.5 Å². The van der Waals surface area contributed by atoms with Gasteiger partial charge in [-0.2, -0.15) is 0 Å². The predicted octanol–water partition coefficient (Wildman–Crippen LogP) is 6.69. The van der Waals surface area contributed by atoms with Crippen molar-refractivity contribution in [3.05, 3.63) is 0 Å². The monoisotopic (exact) mass is 254 g/mol. The lowest BCUT2D eigenvalue weighted by atomic mass is 9.78. The molecule has 0 radical (unpaired) electrons. The molecule has 4 unspecified atom stereocenters. The summed E-state index contributed by atoms with van der Waals surface area (Å²) in [6.07, 6.45) is 11.2. The van der Waals surface area contributed by atoms with E-state index in [9.17, 15) is 0 Å². The van der Waals surface area contributed by atoms with E-state index in [0.717, 1.165) is 23.7 Å². The van der Waals surface area contributed by atoms with E-state index in [1.807, 2.05) is 0 Å². The molecular formula is C18H38. The maximum atomic E-state index is 2.49. The van der Waals surface area contributed by atoms with E-state index in [-0.39, 0.29) is 0 Å². The van der Waals surface area contributed by atoms with Crippen LogP contribution in [0.15, 0.2) is 0 Å². The molecule has 0 fully saturated rings.